The lowest BCUT2D eigenvalue weighted by molar-refractivity contribution is -0.122. The van der Waals surface area contributed by atoms with Gasteiger partial charge < -0.3 is 4.74 Å². The number of hydrogen-bond donors (Lipinski definition) is 1. The van der Waals surface area contributed by atoms with Crippen LogP contribution in [0.2, 0.25) is 5.02 Å². The number of benzene rings is 3. The molecular formula is C24H13BrClIN2O5. The van der Waals surface area contributed by atoms with Crippen LogP contribution in [-0.2, 0) is 9.59 Å². The Morgan fingerprint density at radius 3 is 2.35 bits per heavy atom. The number of hydrogen-bond acceptors (Lipinski definition) is 5. The quantitative estimate of drug-likeness (QED) is 0.131. The van der Waals surface area contributed by atoms with Gasteiger partial charge in [-0.1, -0.05) is 27.5 Å². The lowest BCUT2D eigenvalue weighted by atomic mass is 10.1. The molecule has 0 aromatic heterocycles. The Hall–Kier alpha value is -3.02. The second-order valence-corrected chi connectivity index (χ2v) is 9.61. The number of imide groups is 2. The molecule has 0 atom stereocenters. The predicted octanol–water partition coefficient (Wildman–Crippen LogP) is 5.59. The molecule has 0 spiro atoms. The minimum atomic E-state index is -0.855. The number of halogens is 3. The molecule has 170 valence electrons. The summed E-state index contributed by atoms with van der Waals surface area (Å²) in [5.74, 6) is -2.18. The van der Waals surface area contributed by atoms with Crippen molar-refractivity contribution >= 4 is 85.7 Å². The highest BCUT2D eigenvalue weighted by molar-refractivity contribution is 14.1. The van der Waals surface area contributed by atoms with Crippen LogP contribution in [0, 0.1) is 3.57 Å². The SMILES string of the molecule is O=C1NC(=O)N(c2ccc(I)cc2)C(=O)/C1=C\c1cc(Br)ccc1OC(=O)c1ccc(Cl)cc1. The van der Waals surface area contributed by atoms with Gasteiger partial charge in [0.05, 0.1) is 11.3 Å². The second kappa shape index (κ2) is 10.1. The lowest BCUT2D eigenvalue weighted by Crippen LogP contribution is -2.54. The first-order valence-corrected chi connectivity index (χ1v) is 11.9. The van der Waals surface area contributed by atoms with Crippen molar-refractivity contribution in [1.29, 1.82) is 0 Å². The van der Waals surface area contributed by atoms with Gasteiger partial charge in [-0.15, -0.1) is 0 Å². The number of ether oxygens (including phenoxy) is 1. The van der Waals surface area contributed by atoms with E-state index < -0.39 is 23.8 Å². The summed E-state index contributed by atoms with van der Waals surface area (Å²) < 4.78 is 7.05. The molecule has 1 aliphatic rings. The zero-order valence-electron chi connectivity index (χ0n) is 17.1. The molecule has 0 unspecified atom stereocenters. The van der Waals surface area contributed by atoms with Crippen molar-refractivity contribution in [1.82, 2.24) is 5.32 Å². The van der Waals surface area contributed by atoms with Crippen molar-refractivity contribution in [2.75, 3.05) is 4.90 Å². The van der Waals surface area contributed by atoms with Gasteiger partial charge in [0, 0.05) is 18.6 Å². The van der Waals surface area contributed by atoms with Crippen molar-refractivity contribution in [2.24, 2.45) is 0 Å². The van der Waals surface area contributed by atoms with Gasteiger partial charge in [-0.05, 0) is 95.4 Å². The van der Waals surface area contributed by atoms with Gasteiger partial charge in [-0.3, -0.25) is 14.9 Å². The van der Waals surface area contributed by atoms with E-state index >= 15 is 0 Å². The highest BCUT2D eigenvalue weighted by Gasteiger charge is 2.37. The van der Waals surface area contributed by atoms with Crippen molar-refractivity contribution in [3.05, 3.63) is 96.5 Å². The van der Waals surface area contributed by atoms with Gasteiger partial charge in [-0.25, -0.2) is 14.5 Å². The molecule has 1 fully saturated rings. The highest BCUT2D eigenvalue weighted by atomic mass is 127. The van der Waals surface area contributed by atoms with Gasteiger partial charge in [-0.2, -0.15) is 0 Å². The Labute approximate surface area is 221 Å². The topological polar surface area (TPSA) is 92.8 Å². The van der Waals surface area contributed by atoms with Crippen LogP contribution in [0.1, 0.15) is 15.9 Å². The van der Waals surface area contributed by atoms with Crippen LogP contribution in [-0.4, -0.2) is 23.8 Å². The Kier molecular flexibility index (Phi) is 7.15. The van der Waals surface area contributed by atoms with Gasteiger partial charge in [0.25, 0.3) is 11.8 Å². The second-order valence-electron chi connectivity index (χ2n) is 7.01. The first-order chi connectivity index (χ1) is 16.2. The number of anilines is 1. The molecule has 3 aromatic carbocycles. The molecule has 10 heteroatoms. The van der Waals surface area contributed by atoms with E-state index in [-0.39, 0.29) is 22.4 Å². The number of carbonyl (C=O) groups excluding carboxylic acids is 4. The average molecular weight is 652 g/mol. The van der Waals surface area contributed by atoms with Gasteiger partial charge in [0.15, 0.2) is 0 Å². The Bertz CT molecular complexity index is 1360. The van der Waals surface area contributed by atoms with E-state index in [9.17, 15) is 19.2 Å². The van der Waals surface area contributed by atoms with Crippen LogP contribution in [0.3, 0.4) is 0 Å². The van der Waals surface area contributed by atoms with E-state index in [1.54, 1.807) is 48.5 Å². The van der Waals surface area contributed by atoms with Crippen LogP contribution in [0.15, 0.2) is 76.8 Å². The highest BCUT2D eigenvalue weighted by Crippen LogP contribution is 2.29. The van der Waals surface area contributed by atoms with Gasteiger partial charge in [0.2, 0.25) is 0 Å². The number of carbonyl (C=O) groups is 4. The third-order valence-corrected chi connectivity index (χ3v) is 6.21. The average Bonchev–Trinajstić information content (AvgIpc) is 2.80. The predicted molar refractivity (Wildman–Crippen MR) is 139 cm³/mol. The number of barbiturate groups is 1. The molecule has 1 heterocycles. The fraction of sp³-hybridized carbons (Fsp3) is 0. The van der Waals surface area contributed by atoms with Crippen LogP contribution in [0.25, 0.3) is 6.08 Å². The molecule has 0 radical (unpaired) electrons. The summed E-state index contributed by atoms with van der Waals surface area (Å²) in [4.78, 5) is 51.6. The summed E-state index contributed by atoms with van der Waals surface area (Å²) in [7, 11) is 0. The van der Waals surface area contributed by atoms with Crippen LogP contribution in [0.4, 0.5) is 10.5 Å². The lowest BCUT2D eigenvalue weighted by Gasteiger charge is -2.26. The maximum absolute atomic E-state index is 13.2. The van der Waals surface area contributed by atoms with E-state index in [1.165, 1.54) is 24.3 Å². The summed E-state index contributed by atoms with van der Waals surface area (Å²) in [5, 5.41) is 2.65. The minimum absolute atomic E-state index is 0.119. The Morgan fingerprint density at radius 1 is 1.00 bits per heavy atom. The zero-order valence-corrected chi connectivity index (χ0v) is 21.5. The van der Waals surface area contributed by atoms with E-state index in [1.807, 2.05) is 0 Å². The molecule has 4 rings (SSSR count). The summed E-state index contributed by atoms with van der Waals surface area (Å²) >= 11 is 11.3. The molecule has 4 amide bonds. The molecular weight excluding hydrogens is 639 g/mol. The number of nitrogens with zero attached hydrogens (tertiary/aromatic N) is 1. The molecule has 1 saturated heterocycles. The Balaban J connectivity index is 1.70. The van der Waals surface area contributed by atoms with Crippen LogP contribution in [0.5, 0.6) is 5.75 Å². The number of nitrogens with one attached hydrogen (secondary N) is 1. The van der Waals surface area contributed by atoms with Gasteiger partial charge >= 0.3 is 12.0 Å². The molecule has 3 aromatic rings. The standard InChI is InChI=1S/C24H13BrClIN2O5/c25-15-3-10-20(34-23(32)13-1-4-16(26)5-2-13)14(11-15)12-19-21(30)28-24(33)29(22(19)31)18-8-6-17(27)7-9-18/h1-12H,(H,28,30,33)/b19-12-. The van der Waals surface area contributed by atoms with Crippen molar-refractivity contribution in [2.45, 2.75) is 0 Å². The number of urea groups is 1. The molecule has 0 aliphatic carbocycles. The largest absolute Gasteiger partial charge is 0.422 e. The van der Waals surface area contributed by atoms with E-state index in [0.717, 1.165) is 8.47 Å². The smallest absolute Gasteiger partial charge is 0.343 e. The third kappa shape index (κ3) is 5.21. The van der Waals surface area contributed by atoms with Crippen molar-refractivity contribution < 1.29 is 23.9 Å². The summed E-state index contributed by atoms with van der Waals surface area (Å²) in [5.41, 5.74) is 0.574. The fourth-order valence-electron chi connectivity index (χ4n) is 3.11. The first-order valence-electron chi connectivity index (χ1n) is 9.67. The molecule has 1 aliphatic heterocycles. The van der Waals surface area contributed by atoms with E-state index in [2.05, 4.69) is 43.8 Å². The maximum atomic E-state index is 13.2. The summed E-state index contributed by atoms with van der Waals surface area (Å²) in [6.07, 6.45) is 1.28. The molecule has 1 N–H and O–H groups in total. The number of esters is 1. The summed E-state index contributed by atoms with van der Waals surface area (Å²) in [6, 6.07) is 16.7. The van der Waals surface area contributed by atoms with E-state index in [4.69, 9.17) is 16.3 Å². The van der Waals surface area contributed by atoms with Crippen LogP contribution >= 0.6 is 50.1 Å². The molecule has 0 saturated carbocycles. The number of amides is 4. The fourth-order valence-corrected chi connectivity index (χ4v) is 3.97. The van der Waals surface area contributed by atoms with Gasteiger partial charge in [0.1, 0.15) is 11.3 Å². The van der Waals surface area contributed by atoms with Crippen molar-refractivity contribution in [3.63, 3.8) is 0 Å². The normalized spacial score (nSPS) is 14.9. The van der Waals surface area contributed by atoms with E-state index in [0.29, 0.717) is 15.2 Å². The molecule has 34 heavy (non-hydrogen) atoms. The summed E-state index contributed by atoms with van der Waals surface area (Å²) in [6.45, 7) is 0. The molecule has 0 bridgehead atoms. The third-order valence-electron chi connectivity index (χ3n) is 4.74. The van der Waals surface area contributed by atoms with Crippen LogP contribution < -0.4 is 15.0 Å². The number of rotatable bonds is 4. The monoisotopic (exact) mass is 650 g/mol. The minimum Gasteiger partial charge on any atom is -0.422 e. The maximum Gasteiger partial charge on any atom is 0.343 e. The first kappa shape index (κ1) is 24.1. The molecule has 7 nitrogen and oxygen atoms in total. The zero-order chi connectivity index (χ0) is 24.4. The Morgan fingerprint density at radius 2 is 1.68 bits per heavy atom. The van der Waals surface area contributed by atoms with Crippen molar-refractivity contribution in [3.8, 4) is 5.75 Å².